The van der Waals surface area contributed by atoms with Gasteiger partial charge in [-0.1, -0.05) is 23.7 Å². The third kappa shape index (κ3) is 2.34. The van der Waals surface area contributed by atoms with Gasteiger partial charge in [-0.3, -0.25) is 4.79 Å². The fourth-order valence-corrected chi connectivity index (χ4v) is 2.28. The van der Waals surface area contributed by atoms with Gasteiger partial charge in [0.25, 0.3) is 0 Å². The number of benzene rings is 1. The van der Waals surface area contributed by atoms with Crippen molar-refractivity contribution in [3.8, 4) is 0 Å². The zero-order valence-corrected chi connectivity index (χ0v) is 10.2. The zero-order chi connectivity index (χ0) is 11.8. The quantitative estimate of drug-likeness (QED) is 0.810. The van der Waals surface area contributed by atoms with E-state index in [9.17, 15) is 4.79 Å². The molecule has 0 saturated heterocycles. The summed E-state index contributed by atoms with van der Waals surface area (Å²) >= 11 is 5.92. The van der Waals surface area contributed by atoms with Crippen LogP contribution in [0.4, 0.5) is 0 Å². The first-order valence-corrected chi connectivity index (χ1v) is 6.22. The summed E-state index contributed by atoms with van der Waals surface area (Å²) in [4.78, 5) is 11.8. The molecule has 88 valence electrons. The van der Waals surface area contributed by atoms with Gasteiger partial charge in [0.15, 0.2) is 0 Å². The Morgan fingerprint density at radius 1 is 1.41 bits per heavy atom. The molecule has 1 fully saturated rings. The van der Waals surface area contributed by atoms with Crippen LogP contribution in [0.3, 0.4) is 0 Å². The molecule has 3 rings (SSSR count). The maximum Gasteiger partial charge on any atom is 0.248 e. The summed E-state index contributed by atoms with van der Waals surface area (Å²) in [6, 6.07) is 7.56. The van der Waals surface area contributed by atoms with Crippen LogP contribution in [-0.2, 0) is 11.3 Å². The zero-order valence-electron chi connectivity index (χ0n) is 9.40. The van der Waals surface area contributed by atoms with Crippen molar-refractivity contribution in [3.63, 3.8) is 0 Å². The van der Waals surface area contributed by atoms with Crippen molar-refractivity contribution >= 4 is 23.2 Å². The molecule has 0 N–H and O–H groups in total. The maximum atomic E-state index is 11.8. The number of hydrazone groups is 1. The molecule has 17 heavy (non-hydrogen) atoms. The van der Waals surface area contributed by atoms with Crippen LogP contribution in [0.5, 0.6) is 0 Å². The summed E-state index contributed by atoms with van der Waals surface area (Å²) in [5.74, 6) is 0.676. The molecule has 1 amide bonds. The Balaban J connectivity index is 1.74. The highest BCUT2D eigenvalue weighted by atomic mass is 35.5. The van der Waals surface area contributed by atoms with E-state index in [0.717, 1.165) is 11.3 Å². The fraction of sp³-hybridized carbons (Fsp3) is 0.385. The van der Waals surface area contributed by atoms with Crippen LogP contribution in [0.2, 0.25) is 5.02 Å². The Morgan fingerprint density at radius 3 is 2.94 bits per heavy atom. The topological polar surface area (TPSA) is 32.7 Å². The molecule has 0 spiro atoms. The minimum atomic E-state index is 0.104. The fourth-order valence-electron chi connectivity index (χ4n) is 2.07. The van der Waals surface area contributed by atoms with Crippen LogP contribution in [-0.4, -0.2) is 16.6 Å². The largest absolute Gasteiger partial charge is 0.273 e. The molecule has 0 unspecified atom stereocenters. The van der Waals surface area contributed by atoms with Crippen LogP contribution in [0.1, 0.15) is 24.8 Å². The minimum Gasteiger partial charge on any atom is -0.273 e. The summed E-state index contributed by atoms with van der Waals surface area (Å²) < 4.78 is 0. The van der Waals surface area contributed by atoms with Crippen molar-refractivity contribution in [2.45, 2.75) is 25.8 Å². The Morgan fingerprint density at radius 2 is 2.24 bits per heavy atom. The summed E-state index contributed by atoms with van der Waals surface area (Å²) in [5.41, 5.74) is 2.09. The molecule has 1 saturated carbocycles. The lowest BCUT2D eigenvalue weighted by atomic mass is 10.2. The molecule has 0 aromatic heterocycles. The molecule has 0 atom stereocenters. The highest BCUT2D eigenvalue weighted by Gasteiger charge is 2.34. The molecule has 3 nitrogen and oxygen atoms in total. The standard InChI is InChI=1S/C13H13ClN2O/c14-11-3-1-2-9(6-11)8-16-13(17)7-12(15-16)10-4-5-10/h1-3,6,10H,4-5,7-8H2. The van der Waals surface area contributed by atoms with Gasteiger partial charge in [-0.15, -0.1) is 0 Å². The van der Waals surface area contributed by atoms with Crippen LogP contribution < -0.4 is 0 Å². The Bertz CT molecular complexity index is 494. The molecule has 2 aliphatic rings. The van der Waals surface area contributed by atoms with Gasteiger partial charge in [-0.25, -0.2) is 5.01 Å². The average Bonchev–Trinajstić information content (AvgIpc) is 3.06. The van der Waals surface area contributed by atoms with E-state index < -0.39 is 0 Å². The summed E-state index contributed by atoms with van der Waals surface area (Å²) in [7, 11) is 0. The number of carbonyl (C=O) groups is 1. The van der Waals surface area contributed by atoms with Gasteiger partial charge in [0, 0.05) is 5.02 Å². The van der Waals surface area contributed by atoms with Gasteiger partial charge in [-0.05, 0) is 36.5 Å². The number of rotatable bonds is 3. The molecule has 1 aliphatic heterocycles. The predicted octanol–water partition coefficient (Wildman–Crippen LogP) is 2.84. The van der Waals surface area contributed by atoms with Gasteiger partial charge in [0.2, 0.25) is 5.91 Å². The molecule has 4 heteroatoms. The van der Waals surface area contributed by atoms with E-state index in [2.05, 4.69) is 5.10 Å². The Kier molecular flexibility index (Phi) is 2.63. The number of hydrogen-bond donors (Lipinski definition) is 0. The Labute approximate surface area is 105 Å². The first-order valence-electron chi connectivity index (χ1n) is 5.84. The summed E-state index contributed by atoms with van der Waals surface area (Å²) in [6.45, 7) is 0.523. The Hall–Kier alpha value is -1.35. The van der Waals surface area contributed by atoms with Gasteiger partial charge < -0.3 is 0 Å². The van der Waals surface area contributed by atoms with E-state index in [4.69, 9.17) is 11.6 Å². The number of amides is 1. The molecule has 0 bridgehead atoms. The van der Waals surface area contributed by atoms with Crippen LogP contribution in [0, 0.1) is 5.92 Å². The number of carbonyl (C=O) groups excluding carboxylic acids is 1. The van der Waals surface area contributed by atoms with Crippen LogP contribution in [0.25, 0.3) is 0 Å². The highest BCUT2D eigenvalue weighted by Crippen LogP contribution is 2.34. The van der Waals surface area contributed by atoms with E-state index in [1.165, 1.54) is 12.8 Å². The molecular weight excluding hydrogens is 236 g/mol. The molecule has 1 heterocycles. The van der Waals surface area contributed by atoms with E-state index >= 15 is 0 Å². The van der Waals surface area contributed by atoms with Gasteiger partial charge in [0.05, 0.1) is 18.7 Å². The van der Waals surface area contributed by atoms with Crippen molar-refractivity contribution in [3.05, 3.63) is 34.9 Å². The van der Waals surface area contributed by atoms with Crippen molar-refractivity contribution in [2.75, 3.05) is 0 Å². The smallest absolute Gasteiger partial charge is 0.248 e. The van der Waals surface area contributed by atoms with Crippen molar-refractivity contribution in [2.24, 2.45) is 11.0 Å². The van der Waals surface area contributed by atoms with Crippen LogP contribution >= 0.6 is 11.6 Å². The van der Waals surface area contributed by atoms with Crippen molar-refractivity contribution < 1.29 is 4.79 Å². The summed E-state index contributed by atoms with van der Waals surface area (Å²) in [5, 5.41) is 6.68. The molecular formula is C13H13ClN2O. The van der Waals surface area contributed by atoms with Crippen LogP contribution in [0.15, 0.2) is 29.4 Å². The molecule has 1 aliphatic carbocycles. The third-order valence-electron chi connectivity index (χ3n) is 3.14. The number of halogens is 1. The summed E-state index contributed by atoms with van der Waals surface area (Å²) in [6.07, 6.45) is 2.89. The van der Waals surface area contributed by atoms with Gasteiger partial charge in [0.1, 0.15) is 0 Å². The maximum absolute atomic E-state index is 11.8. The minimum absolute atomic E-state index is 0.104. The lowest BCUT2D eigenvalue weighted by Gasteiger charge is -2.11. The molecule has 0 radical (unpaired) electrons. The second-order valence-corrected chi connectivity index (χ2v) is 5.06. The second-order valence-electron chi connectivity index (χ2n) is 4.62. The monoisotopic (exact) mass is 248 g/mol. The first-order chi connectivity index (χ1) is 8.22. The van der Waals surface area contributed by atoms with E-state index in [1.807, 2.05) is 24.3 Å². The van der Waals surface area contributed by atoms with E-state index in [0.29, 0.717) is 23.9 Å². The lowest BCUT2D eigenvalue weighted by molar-refractivity contribution is -0.129. The number of nitrogens with zero attached hydrogens (tertiary/aromatic N) is 2. The van der Waals surface area contributed by atoms with Crippen molar-refractivity contribution in [1.82, 2.24) is 5.01 Å². The van der Waals surface area contributed by atoms with Gasteiger partial charge >= 0.3 is 0 Å². The lowest BCUT2D eigenvalue weighted by Crippen LogP contribution is -2.19. The van der Waals surface area contributed by atoms with Gasteiger partial charge in [-0.2, -0.15) is 5.10 Å². The molecule has 1 aromatic rings. The highest BCUT2D eigenvalue weighted by molar-refractivity contribution is 6.30. The first kappa shape index (κ1) is 10.8. The third-order valence-corrected chi connectivity index (χ3v) is 3.37. The second kappa shape index (κ2) is 4.15. The average molecular weight is 249 g/mol. The number of hydrogen-bond acceptors (Lipinski definition) is 2. The SMILES string of the molecule is O=C1CC(C2CC2)=NN1Cc1cccc(Cl)c1. The van der Waals surface area contributed by atoms with E-state index in [-0.39, 0.29) is 5.91 Å². The predicted molar refractivity (Wildman–Crippen MR) is 66.8 cm³/mol. The van der Waals surface area contributed by atoms with E-state index in [1.54, 1.807) is 5.01 Å². The van der Waals surface area contributed by atoms with Crippen molar-refractivity contribution in [1.29, 1.82) is 0 Å². The molecule has 1 aromatic carbocycles. The normalized spacial score (nSPS) is 19.7.